The van der Waals surface area contributed by atoms with Crippen LogP contribution in [0.3, 0.4) is 0 Å². The minimum atomic E-state index is -0.584. The molecule has 0 amide bonds. The lowest BCUT2D eigenvalue weighted by Gasteiger charge is -2.25. The number of benzene rings is 2. The van der Waals surface area contributed by atoms with Gasteiger partial charge >= 0.3 is 5.97 Å². The predicted molar refractivity (Wildman–Crippen MR) is 129 cm³/mol. The molecule has 32 heavy (non-hydrogen) atoms. The van der Waals surface area contributed by atoms with E-state index in [-0.39, 0.29) is 6.42 Å². The van der Waals surface area contributed by atoms with Gasteiger partial charge in [-0.05, 0) is 42.0 Å². The minimum absolute atomic E-state index is 0.201. The monoisotopic (exact) mass is 485 g/mol. The number of aromatic nitrogens is 2. The molecule has 1 N–H and O–H groups in total. The smallest absolute Gasteiger partial charge is 0.310 e. The van der Waals surface area contributed by atoms with Gasteiger partial charge in [0, 0.05) is 29.8 Å². The first kappa shape index (κ1) is 22.3. The van der Waals surface area contributed by atoms with Crippen molar-refractivity contribution in [2.45, 2.75) is 19.4 Å². The van der Waals surface area contributed by atoms with E-state index < -0.39 is 12.0 Å². The summed E-state index contributed by atoms with van der Waals surface area (Å²) in [6.45, 7) is 1.73. The maximum Gasteiger partial charge on any atom is 0.310 e. The molecule has 8 heteroatoms. The highest BCUT2D eigenvalue weighted by Crippen LogP contribution is 2.43. The summed E-state index contributed by atoms with van der Waals surface area (Å²) >= 11 is 19.5. The van der Waals surface area contributed by atoms with E-state index in [1.54, 1.807) is 43.6 Å². The number of fused-ring (bicyclic) bond motifs is 1. The fraction of sp³-hybridized carbons (Fsp3) is 0.125. The number of nitrogens with zero attached hydrogens (tertiary/aromatic N) is 2. The summed E-state index contributed by atoms with van der Waals surface area (Å²) in [6.07, 6.45) is 3.50. The Bertz CT molecular complexity index is 1280. The number of nitrogens with one attached hydrogen (secondary N) is 1. The number of halogens is 3. The van der Waals surface area contributed by atoms with Crippen LogP contribution in [0.4, 0.5) is 5.82 Å². The first-order valence-corrected chi connectivity index (χ1v) is 11.0. The van der Waals surface area contributed by atoms with E-state index in [9.17, 15) is 4.79 Å². The first-order chi connectivity index (χ1) is 15.5. The highest BCUT2D eigenvalue weighted by atomic mass is 35.5. The van der Waals surface area contributed by atoms with Crippen LogP contribution in [-0.2, 0) is 4.79 Å². The lowest BCUT2D eigenvalue weighted by Crippen LogP contribution is -2.17. The van der Waals surface area contributed by atoms with E-state index in [0.29, 0.717) is 48.7 Å². The molecule has 5 nitrogen and oxygen atoms in total. The number of ether oxygens (including phenoxy) is 1. The zero-order valence-electron chi connectivity index (χ0n) is 17.0. The van der Waals surface area contributed by atoms with Crippen LogP contribution in [0.25, 0.3) is 10.9 Å². The number of esters is 1. The van der Waals surface area contributed by atoms with Gasteiger partial charge in [-0.3, -0.25) is 9.78 Å². The molecule has 0 radical (unpaired) electrons. The SMILES string of the molecule is CCC(=O)Oc1c(C(Nc2ccccn2)c2cccc(Cl)c2Cl)cc(Cl)c2cccnc12. The Balaban J connectivity index is 1.99. The number of carbonyl (C=O) groups excluding carboxylic acids is 1. The maximum absolute atomic E-state index is 12.3. The number of hydrogen-bond donors (Lipinski definition) is 1. The first-order valence-electron chi connectivity index (χ1n) is 9.89. The molecule has 1 unspecified atom stereocenters. The van der Waals surface area contributed by atoms with Gasteiger partial charge in [-0.15, -0.1) is 0 Å². The molecule has 2 aromatic heterocycles. The van der Waals surface area contributed by atoms with E-state index in [4.69, 9.17) is 39.5 Å². The standard InChI is InChI=1S/C24H18Cl3N3O2/c1-2-20(31)32-24-16(13-18(26)14-8-6-12-29-23(14)24)22(30-19-10-3-4-11-28-19)15-7-5-9-17(25)21(15)27/h3-13,22H,2H2,1H3,(H,28,30). The van der Waals surface area contributed by atoms with E-state index in [1.807, 2.05) is 30.3 Å². The molecule has 2 aromatic carbocycles. The highest BCUT2D eigenvalue weighted by molar-refractivity contribution is 6.42. The van der Waals surface area contributed by atoms with Gasteiger partial charge in [0.15, 0.2) is 5.75 Å². The second-order valence-electron chi connectivity index (χ2n) is 6.94. The normalized spacial score (nSPS) is 11.9. The van der Waals surface area contributed by atoms with Crippen molar-refractivity contribution < 1.29 is 9.53 Å². The molecule has 0 bridgehead atoms. The molecule has 0 saturated carbocycles. The molecular weight excluding hydrogens is 469 g/mol. The largest absolute Gasteiger partial charge is 0.424 e. The van der Waals surface area contributed by atoms with Gasteiger partial charge in [-0.25, -0.2) is 4.98 Å². The summed E-state index contributed by atoms with van der Waals surface area (Å²) in [5.74, 6) is 0.508. The number of rotatable bonds is 6. The Kier molecular flexibility index (Phi) is 6.80. The molecule has 0 saturated heterocycles. The van der Waals surface area contributed by atoms with Crippen LogP contribution in [0.5, 0.6) is 5.75 Å². The third kappa shape index (κ3) is 4.51. The van der Waals surface area contributed by atoms with Gasteiger partial charge in [0.25, 0.3) is 0 Å². The van der Waals surface area contributed by atoms with Crippen LogP contribution >= 0.6 is 34.8 Å². The average Bonchev–Trinajstić information content (AvgIpc) is 2.82. The molecule has 4 aromatic rings. The molecule has 0 aliphatic rings. The van der Waals surface area contributed by atoms with Crippen molar-refractivity contribution in [2.24, 2.45) is 0 Å². The summed E-state index contributed by atoms with van der Waals surface area (Å²) in [6, 6.07) is 15.6. The number of pyridine rings is 2. The summed E-state index contributed by atoms with van der Waals surface area (Å²) in [4.78, 5) is 21.2. The van der Waals surface area contributed by atoms with Crippen molar-refractivity contribution in [2.75, 3.05) is 5.32 Å². The zero-order chi connectivity index (χ0) is 22.7. The predicted octanol–water partition coefficient (Wildman–Crippen LogP) is 7.11. The van der Waals surface area contributed by atoms with Crippen molar-refractivity contribution in [3.05, 3.63) is 93.2 Å². The minimum Gasteiger partial charge on any atom is -0.424 e. The molecule has 2 heterocycles. The van der Waals surface area contributed by atoms with Gasteiger partial charge in [0.2, 0.25) is 0 Å². The number of hydrogen-bond acceptors (Lipinski definition) is 5. The van der Waals surface area contributed by atoms with Crippen molar-refractivity contribution >= 4 is 57.5 Å². The van der Waals surface area contributed by atoms with Crippen LogP contribution in [0.15, 0.2) is 67.0 Å². The highest BCUT2D eigenvalue weighted by Gasteiger charge is 2.26. The summed E-state index contributed by atoms with van der Waals surface area (Å²) in [7, 11) is 0. The molecule has 0 spiro atoms. The number of anilines is 1. The fourth-order valence-corrected chi connectivity index (χ4v) is 4.05. The van der Waals surface area contributed by atoms with Crippen molar-refractivity contribution in [3.63, 3.8) is 0 Å². The van der Waals surface area contributed by atoms with Gasteiger partial charge in [-0.2, -0.15) is 0 Å². The van der Waals surface area contributed by atoms with Gasteiger partial charge in [0.05, 0.1) is 21.1 Å². The Morgan fingerprint density at radius 1 is 0.969 bits per heavy atom. The second-order valence-corrected chi connectivity index (χ2v) is 8.13. The topological polar surface area (TPSA) is 64.1 Å². The summed E-state index contributed by atoms with van der Waals surface area (Å²) < 4.78 is 5.78. The van der Waals surface area contributed by atoms with Crippen molar-refractivity contribution in [3.8, 4) is 5.75 Å². The van der Waals surface area contributed by atoms with Gasteiger partial charge in [-0.1, -0.05) is 59.9 Å². The van der Waals surface area contributed by atoms with Crippen molar-refractivity contribution in [1.82, 2.24) is 9.97 Å². The molecule has 0 aliphatic heterocycles. The lowest BCUT2D eigenvalue weighted by molar-refractivity contribution is -0.133. The lowest BCUT2D eigenvalue weighted by atomic mass is 9.95. The quantitative estimate of drug-likeness (QED) is 0.232. The third-order valence-corrected chi connectivity index (χ3v) is 6.04. The summed E-state index contributed by atoms with van der Waals surface area (Å²) in [5, 5.41) is 5.27. The van der Waals surface area contributed by atoms with Crippen LogP contribution < -0.4 is 10.1 Å². The van der Waals surface area contributed by atoms with Crippen molar-refractivity contribution in [1.29, 1.82) is 0 Å². The third-order valence-electron chi connectivity index (χ3n) is 4.89. The Morgan fingerprint density at radius 3 is 2.53 bits per heavy atom. The van der Waals surface area contributed by atoms with Crippen LogP contribution in [-0.4, -0.2) is 15.9 Å². The molecule has 0 aliphatic carbocycles. The fourth-order valence-electron chi connectivity index (χ4n) is 3.37. The van der Waals surface area contributed by atoms with E-state index in [1.165, 1.54) is 0 Å². The van der Waals surface area contributed by atoms with Crippen LogP contribution in [0.1, 0.15) is 30.5 Å². The second kappa shape index (κ2) is 9.74. The zero-order valence-corrected chi connectivity index (χ0v) is 19.2. The Morgan fingerprint density at radius 2 is 1.78 bits per heavy atom. The molecule has 162 valence electrons. The molecule has 0 fully saturated rings. The van der Waals surface area contributed by atoms with Gasteiger partial charge < -0.3 is 10.1 Å². The van der Waals surface area contributed by atoms with Gasteiger partial charge in [0.1, 0.15) is 11.3 Å². The molecular formula is C24H18Cl3N3O2. The maximum atomic E-state index is 12.3. The average molecular weight is 487 g/mol. The Hall–Kier alpha value is -2.86. The van der Waals surface area contributed by atoms with Crippen LogP contribution in [0, 0.1) is 0 Å². The summed E-state index contributed by atoms with van der Waals surface area (Å²) in [5.41, 5.74) is 1.73. The molecule has 4 rings (SSSR count). The Labute approximate surface area is 200 Å². The number of carbonyl (C=O) groups is 1. The van der Waals surface area contributed by atoms with E-state index in [0.717, 1.165) is 0 Å². The van der Waals surface area contributed by atoms with E-state index >= 15 is 0 Å². The van der Waals surface area contributed by atoms with Crippen LogP contribution in [0.2, 0.25) is 15.1 Å². The van der Waals surface area contributed by atoms with E-state index in [2.05, 4.69) is 15.3 Å². The molecule has 1 atom stereocenters.